The highest BCUT2D eigenvalue weighted by Gasteiger charge is 2.48. The minimum Gasteiger partial charge on any atom is -0.507 e. The molecule has 0 saturated carbocycles. The molecule has 0 aliphatic carbocycles. The molecule has 1 saturated heterocycles. The van der Waals surface area contributed by atoms with E-state index in [9.17, 15) is 14.7 Å². The van der Waals surface area contributed by atoms with Gasteiger partial charge in [0.15, 0.2) is 0 Å². The number of hydrogen-bond acceptors (Lipinski definition) is 5. The summed E-state index contributed by atoms with van der Waals surface area (Å²) in [6, 6.07) is 17.2. The largest absolute Gasteiger partial charge is 0.507 e. The Labute approximate surface area is 172 Å². The fraction of sp³-hybridized carbons (Fsp3) is 0.130. The molecule has 1 fully saturated rings. The second-order valence-corrected chi connectivity index (χ2v) is 7.62. The van der Waals surface area contributed by atoms with Crippen LogP contribution in [0.3, 0.4) is 0 Å². The van der Waals surface area contributed by atoms with Crippen LogP contribution in [0.5, 0.6) is 5.75 Å². The molecule has 1 atom stereocenters. The second-order valence-electron chi connectivity index (χ2n) is 6.67. The first-order valence-corrected chi connectivity index (χ1v) is 9.96. The highest BCUT2D eigenvalue weighted by atomic mass is 32.1. The molecule has 1 N–H and O–H groups in total. The summed E-state index contributed by atoms with van der Waals surface area (Å²) >= 11 is 1.45. The van der Waals surface area contributed by atoms with Crippen LogP contribution in [0.2, 0.25) is 0 Å². The van der Waals surface area contributed by atoms with Crippen LogP contribution in [-0.4, -0.2) is 23.9 Å². The van der Waals surface area contributed by atoms with Gasteiger partial charge in [-0.3, -0.25) is 14.5 Å². The first kappa shape index (κ1) is 19.0. The van der Waals surface area contributed by atoms with Crippen LogP contribution in [0, 0.1) is 6.92 Å². The second kappa shape index (κ2) is 7.56. The lowest BCUT2D eigenvalue weighted by molar-refractivity contribution is -0.132. The number of nitrogens with zero attached hydrogens (tertiary/aromatic N) is 1. The van der Waals surface area contributed by atoms with Crippen LogP contribution >= 0.6 is 11.3 Å². The number of methoxy groups -OCH3 is 1. The molecule has 0 spiro atoms. The van der Waals surface area contributed by atoms with E-state index < -0.39 is 17.7 Å². The van der Waals surface area contributed by atoms with E-state index in [1.54, 1.807) is 36.4 Å². The van der Waals surface area contributed by atoms with E-state index >= 15 is 0 Å². The van der Waals surface area contributed by atoms with Gasteiger partial charge in [0, 0.05) is 10.6 Å². The maximum atomic E-state index is 13.1. The molecule has 1 aliphatic rings. The average Bonchev–Trinajstić information content (AvgIpc) is 3.28. The molecule has 2 aromatic carbocycles. The number of aryl methyl sites for hydroxylation is 1. The molecule has 1 aromatic heterocycles. The van der Waals surface area contributed by atoms with Gasteiger partial charge in [-0.15, -0.1) is 11.3 Å². The molecule has 29 heavy (non-hydrogen) atoms. The van der Waals surface area contributed by atoms with E-state index in [2.05, 4.69) is 0 Å². The fourth-order valence-corrected chi connectivity index (χ4v) is 4.61. The Balaban J connectivity index is 1.98. The van der Waals surface area contributed by atoms with Gasteiger partial charge in [-0.1, -0.05) is 30.3 Å². The number of aliphatic hydroxyl groups excluding tert-OH is 1. The van der Waals surface area contributed by atoms with E-state index in [-0.39, 0.29) is 11.3 Å². The summed E-state index contributed by atoms with van der Waals surface area (Å²) in [5, 5.41) is 13.1. The Kier molecular flexibility index (Phi) is 4.94. The van der Waals surface area contributed by atoms with Gasteiger partial charge in [-0.25, -0.2) is 0 Å². The Morgan fingerprint density at radius 3 is 2.38 bits per heavy atom. The predicted octanol–water partition coefficient (Wildman–Crippen LogP) is 4.69. The van der Waals surface area contributed by atoms with Gasteiger partial charge >= 0.3 is 0 Å². The van der Waals surface area contributed by atoms with Crippen molar-refractivity contribution in [1.82, 2.24) is 0 Å². The normalized spacial score (nSPS) is 18.3. The quantitative estimate of drug-likeness (QED) is 0.388. The summed E-state index contributed by atoms with van der Waals surface area (Å²) in [5.74, 6) is -1.19. The minimum atomic E-state index is -0.713. The van der Waals surface area contributed by atoms with Crippen molar-refractivity contribution in [2.75, 3.05) is 12.0 Å². The van der Waals surface area contributed by atoms with Crippen molar-refractivity contribution < 1.29 is 19.4 Å². The third kappa shape index (κ3) is 3.11. The van der Waals surface area contributed by atoms with Gasteiger partial charge in [0.25, 0.3) is 11.7 Å². The zero-order valence-corrected chi connectivity index (χ0v) is 16.8. The van der Waals surface area contributed by atoms with Crippen LogP contribution < -0.4 is 9.64 Å². The van der Waals surface area contributed by atoms with E-state index in [1.807, 2.05) is 36.6 Å². The third-order valence-corrected chi connectivity index (χ3v) is 6.06. The Morgan fingerprint density at radius 1 is 1.03 bits per heavy atom. The number of amides is 1. The summed E-state index contributed by atoms with van der Waals surface area (Å²) in [6.07, 6.45) is 0. The first-order chi connectivity index (χ1) is 14.0. The standard InChI is InChI=1S/C23H19NO4S/c1-14-12-13-29-22(14)19-18(20(25)16-10-6-7-11-17(16)28-2)21(26)23(27)24(19)15-8-4-3-5-9-15/h3-13,19,25H,1-2H3/b20-18+. The summed E-state index contributed by atoms with van der Waals surface area (Å²) in [7, 11) is 1.50. The first-order valence-electron chi connectivity index (χ1n) is 9.08. The Hall–Kier alpha value is -3.38. The minimum absolute atomic E-state index is 0.0638. The van der Waals surface area contributed by atoms with Crippen molar-refractivity contribution in [3.63, 3.8) is 0 Å². The number of para-hydroxylation sites is 2. The SMILES string of the molecule is COc1ccccc1/C(O)=C1\C(=O)C(=O)N(c2ccccc2)C1c1sccc1C. The molecule has 0 radical (unpaired) electrons. The number of carbonyl (C=O) groups is 2. The Morgan fingerprint density at radius 2 is 1.72 bits per heavy atom. The molecule has 1 unspecified atom stereocenters. The van der Waals surface area contributed by atoms with Crippen LogP contribution in [0.1, 0.15) is 22.0 Å². The van der Waals surface area contributed by atoms with E-state index in [4.69, 9.17) is 4.74 Å². The summed E-state index contributed by atoms with van der Waals surface area (Å²) in [5.41, 5.74) is 1.99. The number of Topliss-reactive ketones (excluding diaryl/α,β-unsaturated/α-hetero) is 1. The highest BCUT2D eigenvalue weighted by molar-refractivity contribution is 7.10. The maximum absolute atomic E-state index is 13.1. The van der Waals surface area contributed by atoms with Crippen LogP contribution in [-0.2, 0) is 9.59 Å². The van der Waals surface area contributed by atoms with E-state index in [0.717, 1.165) is 10.4 Å². The summed E-state index contributed by atoms with van der Waals surface area (Å²) in [6.45, 7) is 1.93. The topological polar surface area (TPSA) is 66.8 Å². The zero-order valence-electron chi connectivity index (χ0n) is 16.0. The number of anilines is 1. The predicted molar refractivity (Wildman–Crippen MR) is 113 cm³/mol. The molecule has 146 valence electrons. The molecule has 1 aliphatic heterocycles. The number of thiophene rings is 1. The smallest absolute Gasteiger partial charge is 0.300 e. The number of ether oxygens (including phenoxy) is 1. The van der Waals surface area contributed by atoms with Crippen LogP contribution in [0.4, 0.5) is 5.69 Å². The molecular formula is C23H19NO4S. The van der Waals surface area contributed by atoms with Gasteiger partial charge in [0.05, 0.1) is 18.2 Å². The molecular weight excluding hydrogens is 386 g/mol. The molecule has 0 bridgehead atoms. The lowest BCUT2D eigenvalue weighted by atomic mass is 9.98. The highest BCUT2D eigenvalue weighted by Crippen LogP contribution is 2.45. The monoisotopic (exact) mass is 405 g/mol. The van der Waals surface area contributed by atoms with Gasteiger partial charge in [-0.2, -0.15) is 0 Å². The van der Waals surface area contributed by atoms with Gasteiger partial charge in [0.1, 0.15) is 17.6 Å². The zero-order chi connectivity index (χ0) is 20.5. The van der Waals surface area contributed by atoms with Crippen molar-refractivity contribution >= 4 is 34.5 Å². The molecule has 6 heteroatoms. The number of hydrogen-bond donors (Lipinski definition) is 1. The van der Waals surface area contributed by atoms with E-state index in [1.165, 1.54) is 23.3 Å². The van der Waals surface area contributed by atoms with Crippen molar-refractivity contribution in [2.45, 2.75) is 13.0 Å². The van der Waals surface area contributed by atoms with Crippen molar-refractivity contribution in [3.05, 3.63) is 87.6 Å². The average molecular weight is 405 g/mol. The van der Waals surface area contributed by atoms with Crippen molar-refractivity contribution in [2.24, 2.45) is 0 Å². The lowest BCUT2D eigenvalue weighted by Gasteiger charge is -2.25. The van der Waals surface area contributed by atoms with Gasteiger partial charge < -0.3 is 9.84 Å². The maximum Gasteiger partial charge on any atom is 0.300 e. The molecule has 5 nitrogen and oxygen atoms in total. The molecule has 3 aromatic rings. The number of carbonyl (C=O) groups excluding carboxylic acids is 2. The molecule has 4 rings (SSSR count). The number of benzene rings is 2. The number of rotatable bonds is 4. The summed E-state index contributed by atoms with van der Waals surface area (Å²) in [4.78, 5) is 28.4. The lowest BCUT2D eigenvalue weighted by Crippen LogP contribution is -2.29. The summed E-state index contributed by atoms with van der Waals surface area (Å²) < 4.78 is 5.35. The van der Waals surface area contributed by atoms with Crippen LogP contribution in [0.25, 0.3) is 5.76 Å². The molecule has 1 amide bonds. The van der Waals surface area contributed by atoms with Crippen molar-refractivity contribution in [3.8, 4) is 5.75 Å². The van der Waals surface area contributed by atoms with Crippen molar-refractivity contribution in [1.29, 1.82) is 0 Å². The Bertz CT molecular complexity index is 1120. The molecule has 2 heterocycles. The number of aliphatic hydroxyl groups is 1. The van der Waals surface area contributed by atoms with E-state index in [0.29, 0.717) is 17.0 Å². The van der Waals surface area contributed by atoms with Gasteiger partial charge in [-0.05, 0) is 48.2 Å². The number of ketones is 1. The fourth-order valence-electron chi connectivity index (χ4n) is 3.59. The van der Waals surface area contributed by atoms with Gasteiger partial charge in [0.2, 0.25) is 0 Å². The third-order valence-electron chi connectivity index (χ3n) is 4.99. The van der Waals surface area contributed by atoms with Crippen LogP contribution in [0.15, 0.2) is 71.6 Å².